The van der Waals surface area contributed by atoms with E-state index in [0.717, 1.165) is 6.07 Å². The molecule has 162 valence electrons. The zero-order chi connectivity index (χ0) is 22.0. The summed E-state index contributed by atoms with van der Waals surface area (Å²) in [7, 11) is 1.55. The van der Waals surface area contributed by atoms with E-state index in [1.807, 2.05) is 0 Å². The molecule has 0 spiro atoms. The normalized spacial score (nSPS) is 16.4. The highest BCUT2D eigenvalue weighted by Crippen LogP contribution is 2.36. The summed E-state index contributed by atoms with van der Waals surface area (Å²) in [5.74, 6) is 1.20. The van der Waals surface area contributed by atoms with Gasteiger partial charge < -0.3 is 19.5 Å². The van der Waals surface area contributed by atoms with Crippen LogP contribution in [0.3, 0.4) is 0 Å². The number of nitrogens with one attached hydrogen (secondary N) is 1. The van der Waals surface area contributed by atoms with Gasteiger partial charge in [-0.05, 0) is 37.1 Å². The van der Waals surface area contributed by atoms with Gasteiger partial charge in [0.2, 0.25) is 11.7 Å². The monoisotopic (exact) mass is 432 g/mol. The lowest BCUT2D eigenvalue weighted by atomic mass is 10.1. The number of hydrogen-bond donors (Lipinski definition) is 1. The van der Waals surface area contributed by atoms with Crippen molar-refractivity contribution >= 4 is 11.7 Å². The molecule has 0 radical (unpaired) electrons. The number of aromatic nitrogens is 2. The van der Waals surface area contributed by atoms with E-state index in [4.69, 9.17) is 9.26 Å². The smallest absolute Gasteiger partial charge is 0.418 e. The fourth-order valence-corrected chi connectivity index (χ4v) is 3.54. The first-order chi connectivity index (χ1) is 14.9. The number of nitrogens with zero attached hydrogens (tertiary/aromatic N) is 3. The molecule has 0 bridgehead atoms. The molecule has 1 atom stereocenters. The molecule has 2 heterocycles. The van der Waals surface area contributed by atoms with Gasteiger partial charge in [0.25, 0.3) is 0 Å². The van der Waals surface area contributed by atoms with Crippen LogP contribution in [0.2, 0.25) is 0 Å². The van der Waals surface area contributed by atoms with E-state index in [1.54, 1.807) is 31.4 Å². The Bertz CT molecular complexity index is 1080. The van der Waals surface area contributed by atoms with Gasteiger partial charge in [-0.15, -0.1) is 0 Å². The number of likely N-dealkylation sites (tertiary alicyclic amines) is 1. The molecule has 0 saturated carbocycles. The topological polar surface area (TPSA) is 80.5 Å². The Hall–Kier alpha value is -3.56. The first kappa shape index (κ1) is 20.7. The molecule has 1 aromatic heterocycles. The van der Waals surface area contributed by atoms with Crippen LogP contribution in [0.15, 0.2) is 53.1 Å². The van der Waals surface area contributed by atoms with E-state index in [9.17, 15) is 18.0 Å². The predicted octanol–water partition coefficient (Wildman–Crippen LogP) is 5.13. The molecule has 4 rings (SSSR count). The number of para-hydroxylation sites is 1. The lowest BCUT2D eigenvalue weighted by molar-refractivity contribution is -0.136. The molecular weight excluding hydrogens is 413 g/mol. The van der Waals surface area contributed by atoms with Crippen molar-refractivity contribution in [2.75, 3.05) is 19.0 Å². The van der Waals surface area contributed by atoms with Crippen molar-refractivity contribution in [1.29, 1.82) is 0 Å². The number of ether oxygens (including phenoxy) is 1. The van der Waals surface area contributed by atoms with E-state index in [-0.39, 0.29) is 11.6 Å². The fraction of sp³-hybridized carbons (Fsp3) is 0.286. The highest BCUT2D eigenvalue weighted by molar-refractivity contribution is 5.90. The Morgan fingerprint density at radius 1 is 1.23 bits per heavy atom. The van der Waals surface area contributed by atoms with Crippen LogP contribution in [0.4, 0.5) is 23.7 Å². The summed E-state index contributed by atoms with van der Waals surface area (Å²) in [5, 5.41) is 6.35. The third-order valence-electron chi connectivity index (χ3n) is 5.04. The molecule has 1 aliphatic heterocycles. The highest BCUT2D eigenvalue weighted by Gasteiger charge is 2.37. The molecule has 7 nitrogen and oxygen atoms in total. The van der Waals surface area contributed by atoms with Crippen molar-refractivity contribution in [3.63, 3.8) is 0 Å². The molecule has 1 aliphatic rings. The van der Waals surface area contributed by atoms with Crippen LogP contribution >= 0.6 is 0 Å². The molecule has 2 aromatic carbocycles. The summed E-state index contributed by atoms with van der Waals surface area (Å²) >= 11 is 0. The summed E-state index contributed by atoms with van der Waals surface area (Å²) in [6.07, 6.45) is -3.35. The van der Waals surface area contributed by atoms with Crippen LogP contribution in [0.5, 0.6) is 5.75 Å². The number of halogens is 3. The Kier molecular flexibility index (Phi) is 5.53. The molecule has 1 saturated heterocycles. The molecule has 10 heteroatoms. The quantitative estimate of drug-likeness (QED) is 0.618. The largest absolute Gasteiger partial charge is 0.497 e. The van der Waals surface area contributed by atoms with E-state index in [2.05, 4.69) is 15.5 Å². The van der Waals surface area contributed by atoms with Crippen molar-refractivity contribution in [1.82, 2.24) is 15.0 Å². The number of urea groups is 1. The van der Waals surface area contributed by atoms with Crippen molar-refractivity contribution in [3.05, 3.63) is 60.0 Å². The maximum absolute atomic E-state index is 13.2. The van der Waals surface area contributed by atoms with E-state index in [0.29, 0.717) is 36.5 Å². The first-order valence-corrected chi connectivity index (χ1v) is 9.58. The average molecular weight is 432 g/mol. The number of alkyl halides is 3. The second-order valence-corrected chi connectivity index (χ2v) is 7.01. The van der Waals surface area contributed by atoms with Crippen LogP contribution in [-0.2, 0) is 6.18 Å². The summed E-state index contributed by atoms with van der Waals surface area (Å²) in [4.78, 5) is 18.6. The van der Waals surface area contributed by atoms with E-state index in [1.165, 1.54) is 23.1 Å². The van der Waals surface area contributed by atoms with Gasteiger partial charge in [-0.3, -0.25) is 0 Å². The molecule has 0 aliphatic carbocycles. The zero-order valence-electron chi connectivity index (χ0n) is 16.5. The maximum atomic E-state index is 13.2. The van der Waals surface area contributed by atoms with E-state index >= 15 is 0 Å². The number of benzene rings is 2. The van der Waals surface area contributed by atoms with Crippen LogP contribution in [0, 0.1) is 0 Å². The molecule has 1 fully saturated rings. The number of hydrogen-bond acceptors (Lipinski definition) is 5. The van der Waals surface area contributed by atoms with Crippen molar-refractivity contribution < 1.29 is 27.2 Å². The molecule has 2 amide bonds. The van der Waals surface area contributed by atoms with Gasteiger partial charge in [0.05, 0.1) is 18.4 Å². The Labute approximate surface area is 175 Å². The SMILES string of the molecule is COc1cccc(-c2noc(C3CCCN3C(=O)Nc3ccccc3C(F)(F)F)n2)c1. The Balaban J connectivity index is 1.54. The third kappa shape index (κ3) is 4.32. The standard InChI is InChI=1S/C21H19F3N4O3/c1-30-14-7-4-6-13(12-14)18-26-19(31-27-18)17-10-5-11-28(17)20(29)25-16-9-3-2-8-15(16)21(22,23)24/h2-4,6-9,12,17H,5,10-11H2,1H3,(H,25,29). The molecule has 3 aromatic rings. The fourth-order valence-electron chi connectivity index (χ4n) is 3.54. The number of rotatable bonds is 4. The Morgan fingerprint density at radius 3 is 2.81 bits per heavy atom. The van der Waals surface area contributed by atoms with Crippen LogP contribution in [0.25, 0.3) is 11.4 Å². The summed E-state index contributed by atoms with van der Waals surface area (Å²) in [6.45, 7) is 0.363. The van der Waals surface area contributed by atoms with Gasteiger partial charge in [-0.25, -0.2) is 4.79 Å². The number of anilines is 1. The minimum atomic E-state index is -4.58. The number of methoxy groups -OCH3 is 1. The van der Waals surface area contributed by atoms with Crippen molar-refractivity contribution in [3.8, 4) is 17.1 Å². The van der Waals surface area contributed by atoms with Gasteiger partial charge in [-0.2, -0.15) is 18.2 Å². The molecule has 31 heavy (non-hydrogen) atoms. The van der Waals surface area contributed by atoms with Gasteiger partial charge >= 0.3 is 12.2 Å². The molecular formula is C21H19F3N4O3. The van der Waals surface area contributed by atoms with Gasteiger partial charge in [0.1, 0.15) is 11.8 Å². The van der Waals surface area contributed by atoms with Crippen LogP contribution < -0.4 is 10.1 Å². The van der Waals surface area contributed by atoms with Crippen molar-refractivity contribution in [2.24, 2.45) is 0 Å². The Morgan fingerprint density at radius 2 is 2.03 bits per heavy atom. The predicted molar refractivity (Wildman–Crippen MR) is 105 cm³/mol. The second-order valence-electron chi connectivity index (χ2n) is 7.01. The number of carbonyl (C=O) groups excluding carboxylic acids is 1. The number of carbonyl (C=O) groups is 1. The second kappa shape index (κ2) is 8.29. The lowest BCUT2D eigenvalue weighted by Crippen LogP contribution is -2.35. The lowest BCUT2D eigenvalue weighted by Gasteiger charge is -2.23. The maximum Gasteiger partial charge on any atom is 0.418 e. The number of amides is 2. The van der Waals surface area contributed by atoms with E-state index < -0.39 is 23.8 Å². The molecule has 1 N–H and O–H groups in total. The van der Waals surface area contributed by atoms with Gasteiger partial charge in [-0.1, -0.05) is 29.4 Å². The minimum absolute atomic E-state index is 0.231. The zero-order valence-corrected chi connectivity index (χ0v) is 16.5. The van der Waals surface area contributed by atoms with Crippen molar-refractivity contribution in [2.45, 2.75) is 25.1 Å². The first-order valence-electron chi connectivity index (χ1n) is 9.58. The third-order valence-corrected chi connectivity index (χ3v) is 5.04. The summed E-state index contributed by atoms with van der Waals surface area (Å²) < 4.78 is 50.3. The van der Waals surface area contributed by atoms with Gasteiger partial charge in [0, 0.05) is 12.1 Å². The van der Waals surface area contributed by atoms with Crippen LogP contribution in [-0.4, -0.2) is 34.7 Å². The highest BCUT2D eigenvalue weighted by atomic mass is 19.4. The minimum Gasteiger partial charge on any atom is -0.497 e. The van der Waals surface area contributed by atoms with Crippen LogP contribution in [0.1, 0.15) is 30.3 Å². The summed E-state index contributed by atoms with van der Waals surface area (Å²) in [5.41, 5.74) is -0.520. The average Bonchev–Trinajstić information content (AvgIpc) is 3.43. The molecule has 1 unspecified atom stereocenters. The summed E-state index contributed by atoms with van der Waals surface area (Å²) in [6, 6.07) is 10.8. The van der Waals surface area contributed by atoms with Gasteiger partial charge in [0.15, 0.2) is 0 Å².